The Morgan fingerprint density at radius 1 is 1.00 bits per heavy atom. The number of carbonyl (C=O) groups is 2. The Hall–Kier alpha value is -3.18. The van der Waals surface area contributed by atoms with E-state index in [1.807, 2.05) is 48.5 Å². The van der Waals surface area contributed by atoms with E-state index in [2.05, 4.69) is 28.4 Å². The molecule has 4 rings (SSSR count). The molecule has 1 saturated heterocycles. The molecule has 5 heteroatoms. The minimum absolute atomic E-state index is 0.0283. The average Bonchev–Trinajstić information content (AvgIpc) is 2.75. The van der Waals surface area contributed by atoms with Gasteiger partial charge < -0.3 is 11.1 Å². The molecule has 2 amide bonds. The summed E-state index contributed by atoms with van der Waals surface area (Å²) in [5.74, 6) is -0.283. The van der Waals surface area contributed by atoms with Gasteiger partial charge in [0.2, 0.25) is 11.8 Å². The number of carbonyl (C=O) groups excluding carboxylic acids is 2. The average molecular weight is 402 g/mol. The van der Waals surface area contributed by atoms with Crippen molar-refractivity contribution in [2.45, 2.75) is 25.8 Å². The Kier molecular flexibility index (Phi) is 6.10. The number of nitrogens with zero attached hydrogens (tertiary/aromatic N) is 1. The van der Waals surface area contributed by atoms with Gasteiger partial charge in [0.1, 0.15) is 0 Å². The van der Waals surface area contributed by atoms with Crippen LogP contribution in [0.5, 0.6) is 0 Å². The third-order valence-electron chi connectivity index (χ3n) is 5.78. The first-order valence-corrected chi connectivity index (χ1v) is 10.5. The number of benzene rings is 3. The molecule has 3 N–H and O–H groups in total. The second-order valence-electron chi connectivity index (χ2n) is 8.04. The van der Waals surface area contributed by atoms with Crippen LogP contribution in [-0.2, 0) is 22.6 Å². The highest BCUT2D eigenvalue weighted by Crippen LogP contribution is 2.21. The van der Waals surface area contributed by atoms with Gasteiger partial charge in [-0.2, -0.15) is 0 Å². The van der Waals surface area contributed by atoms with Crippen molar-refractivity contribution in [1.82, 2.24) is 4.90 Å². The van der Waals surface area contributed by atoms with Crippen molar-refractivity contribution in [3.05, 3.63) is 77.9 Å². The number of piperidine rings is 1. The maximum absolute atomic E-state index is 12.6. The monoisotopic (exact) mass is 401 g/mol. The fourth-order valence-corrected chi connectivity index (χ4v) is 4.21. The summed E-state index contributed by atoms with van der Waals surface area (Å²) in [7, 11) is 0. The lowest BCUT2D eigenvalue weighted by Gasteiger charge is -2.31. The zero-order valence-corrected chi connectivity index (χ0v) is 17.0. The topological polar surface area (TPSA) is 75.4 Å². The first-order chi connectivity index (χ1) is 14.6. The van der Waals surface area contributed by atoms with E-state index in [9.17, 15) is 9.59 Å². The second kappa shape index (κ2) is 9.09. The van der Waals surface area contributed by atoms with Gasteiger partial charge in [-0.25, -0.2) is 0 Å². The minimum atomic E-state index is -0.205. The van der Waals surface area contributed by atoms with Crippen LogP contribution in [0.1, 0.15) is 24.0 Å². The van der Waals surface area contributed by atoms with Gasteiger partial charge in [0.25, 0.3) is 0 Å². The Balaban J connectivity index is 1.35. The number of anilines is 1. The molecule has 0 aliphatic carbocycles. The van der Waals surface area contributed by atoms with Crippen LogP contribution in [-0.4, -0.2) is 29.8 Å². The molecule has 1 unspecified atom stereocenters. The van der Waals surface area contributed by atoms with Crippen LogP contribution in [0, 0.1) is 5.92 Å². The maximum Gasteiger partial charge on any atom is 0.228 e. The van der Waals surface area contributed by atoms with E-state index in [0.29, 0.717) is 6.42 Å². The summed E-state index contributed by atoms with van der Waals surface area (Å²) in [6.45, 7) is 2.49. The number of hydrogen-bond acceptors (Lipinski definition) is 3. The van der Waals surface area contributed by atoms with Gasteiger partial charge in [-0.15, -0.1) is 0 Å². The molecule has 3 aromatic rings. The van der Waals surface area contributed by atoms with Crippen molar-refractivity contribution in [3.63, 3.8) is 0 Å². The van der Waals surface area contributed by atoms with Crippen LogP contribution in [0.3, 0.4) is 0 Å². The number of rotatable bonds is 6. The molecule has 0 spiro atoms. The van der Waals surface area contributed by atoms with E-state index in [-0.39, 0.29) is 17.7 Å². The van der Waals surface area contributed by atoms with E-state index in [4.69, 9.17) is 5.73 Å². The molecule has 0 radical (unpaired) electrons. The normalized spacial score (nSPS) is 17.0. The third kappa shape index (κ3) is 4.86. The summed E-state index contributed by atoms with van der Waals surface area (Å²) in [5, 5.41) is 5.25. The molecule has 0 aromatic heterocycles. The van der Waals surface area contributed by atoms with Gasteiger partial charge in [-0.3, -0.25) is 14.5 Å². The third-order valence-corrected chi connectivity index (χ3v) is 5.78. The second-order valence-corrected chi connectivity index (χ2v) is 8.04. The van der Waals surface area contributed by atoms with E-state index < -0.39 is 0 Å². The fourth-order valence-electron chi connectivity index (χ4n) is 4.21. The van der Waals surface area contributed by atoms with Crippen molar-refractivity contribution < 1.29 is 9.59 Å². The van der Waals surface area contributed by atoms with Gasteiger partial charge >= 0.3 is 0 Å². The molecule has 0 saturated carbocycles. The number of nitrogens with two attached hydrogens (primary N) is 1. The summed E-state index contributed by atoms with van der Waals surface area (Å²) in [6.07, 6.45) is 2.22. The number of amides is 2. The lowest BCUT2D eigenvalue weighted by Crippen LogP contribution is -2.40. The van der Waals surface area contributed by atoms with Gasteiger partial charge in [-0.05, 0) is 53.4 Å². The van der Waals surface area contributed by atoms with Crippen molar-refractivity contribution >= 4 is 28.3 Å². The standard InChI is InChI=1S/C25H27N3O2/c26-25(30)21-8-4-14-28(17-21)16-18-10-12-22(13-11-18)27-24(29)15-20-7-3-6-19-5-1-2-9-23(19)20/h1-3,5-7,9-13,21H,4,8,14-17H2,(H2,26,30)(H,27,29). The highest BCUT2D eigenvalue weighted by Gasteiger charge is 2.23. The van der Waals surface area contributed by atoms with Gasteiger partial charge in [0, 0.05) is 18.8 Å². The molecular formula is C25H27N3O2. The van der Waals surface area contributed by atoms with Crippen LogP contribution in [0.2, 0.25) is 0 Å². The molecule has 1 atom stereocenters. The largest absolute Gasteiger partial charge is 0.369 e. The highest BCUT2D eigenvalue weighted by atomic mass is 16.2. The van der Waals surface area contributed by atoms with Crippen LogP contribution in [0.25, 0.3) is 10.8 Å². The van der Waals surface area contributed by atoms with Crippen LogP contribution >= 0.6 is 0 Å². The predicted molar refractivity (Wildman–Crippen MR) is 120 cm³/mol. The van der Waals surface area contributed by atoms with Crippen LogP contribution in [0.15, 0.2) is 66.7 Å². The first-order valence-electron chi connectivity index (χ1n) is 10.5. The first kappa shape index (κ1) is 20.1. The number of primary amides is 1. The van der Waals surface area contributed by atoms with Crippen molar-refractivity contribution in [2.24, 2.45) is 11.7 Å². The zero-order valence-electron chi connectivity index (χ0n) is 17.0. The van der Waals surface area contributed by atoms with Crippen molar-refractivity contribution in [2.75, 3.05) is 18.4 Å². The molecule has 1 fully saturated rings. The Labute approximate surface area is 176 Å². The number of fused-ring (bicyclic) bond motifs is 1. The smallest absolute Gasteiger partial charge is 0.228 e. The number of nitrogens with one attached hydrogen (secondary N) is 1. The molecule has 1 aliphatic heterocycles. The Morgan fingerprint density at radius 3 is 2.57 bits per heavy atom. The molecule has 1 heterocycles. The molecule has 1 aliphatic rings. The van der Waals surface area contributed by atoms with Crippen molar-refractivity contribution in [1.29, 1.82) is 0 Å². The number of likely N-dealkylation sites (tertiary alicyclic amines) is 1. The summed E-state index contributed by atoms with van der Waals surface area (Å²) in [5.41, 5.74) is 8.44. The predicted octanol–water partition coefficient (Wildman–Crippen LogP) is 3.72. The maximum atomic E-state index is 12.6. The van der Waals surface area contributed by atoms with Gasteiger partial charge in [0.05, 0.1) is 12.3 Å². The van der Waals surface area contributed by atoms with E-state index in [1.54, 1.807) is 0 Å². The van der Waals surface area contributed by atoms with E-state index in [0.717, 1.165) is 60.1 Å². The molecular weight excluding hydrogens is 374 g/mol. The summed E-state index contributed by atoms with van der Waals surface area (Å²) >= 11 is 0. The Bertz CT molecular complexity index is 1040. The SMILES string of the molecule is NC(=O)C1CCCN(Cc2ccc(NC(=O)Cc3cccc4ccccc34)cc2)C1. The summed E-state index contributed by atoms with van der Waals surface area (Å²) in [6, 6.07) is 22.1. The number of hydrogen-bond donors (Lipinski definition) is 2. The quantitative estimate of drug-likeness (QED) is 0.661. The molecule has 0 bridgehead atoms. The molecule has 5 nitrogen and oxygen atoms in total. The summed E-state index contributed by atoms with van der Waals surface area (Å²) in [4.78, 5) is 26.3. The summed E-state index contributed by atoms with van der Waals surface area (Å²) < 4.78 is 0. The van der Waals surface area contributed by atoms with E-state index >= 15 is 0 Å². The minimum Gasteiger partial charge on any atom is -0.369 e. The molecule has 3 aromatic carbocycles. The zero-order chi connectivity index (χ0) is 20.9. The van der Waals surface area contributed by atoms with Crippen LogP contribution in [0.4, 0.5) is 5.69 Å². The Morgan fingerprint density at radius 2 is 1.77 bits per heavy atom. The highest BCUT2D eigenvalue weighted by molar-refractivity contribution is 5.96. The van der Waals surface area contributed by atoms with E-state index in [1.165, 1.54) is 0 Å². The molecule has 154 valence electrons. The lowest BCUT2D eigenvalue weighted by molar-refractivity contribution is -0.123. The fraction of sp³-hybridized carbons (Fsp3) is 0.280. The van der Waals surface area contributed by atoms with Crippen molar-refractivity contribution in [3.8, 4) is 0 Å². The molecule has 30 heavy (non-hydrogen) atoms. The van der Waals surface area contributed by atoms with Crippen LogP contribution < -0.4 is 11.1 Å². The lowest BCUT2D eigenvalue weighted by atomic mass is 9.97. The van der Waals surface area contributed by atoms with Gasteiger partial charge in [0.15, 0.2) is 0 Å². The van der Waals surface area contributed by atoms with Gasteiger partial charge in [-0.1, -0.05) is 54.6 Å².